The van der Waals surface area contributed by atoms with Crippen molar-refractivity contribution in [2.75, 3.05) is 14.2 Å². The number of hydrogen-bond donors (Lipinski definition) is 0. The molecule has 0 aromatic rings. The molecule has 6 nitrogen and oxygen atoms in total. The largest absolute Gasteiger partial charge is 0.390 e. The summed E-state index contributed by atoms with van der Waals surface area (Å²) in [6.45, 7) is 13.9. The third-order valence-electron chi connectivity index (χ3n) is 4.93. The third-order valence-corrected chi connectivity index (χ3v) is 9.36. The lowest BCUT2D eigenvalue weighted by atomic mass is 10.1. The summed E-state index contributed by atoms with van der Waals surface area (Å²) in [5.41, 5.74) is 0. The van der Waals surface area contributed by atoms with Gasteiger partial charge in [-0.25, -0.2) is 0 Å². The van der Waals surface area contributed by atoms with Crippen LogP contribution in [0.25, 0.3) is 0 Å². The van der Waals surface area contributed by atoms with Crippen LogP contribution in [0.15, 0.2) is 0 Å². The monoisotopic (exact) mass is 334 g/mol. The van der Waals surface area contributed by atoms with E-state index in [-0.39, 0.29) is 5.04 Å². The van der Waals surface area contributed by atoms with Crippen LogP contribution in [0, 0.1) is 0 Å². The first-order valence-corrected chi connectivity index (χ1v) is 10.4. The van der Waals surface area contributed by atoms with Gasteiger partial charge in [0.1, 0.15) is 0 Å². The first-order chi connectivity index (χ1) is 9.86. The normalized spacial score (nSPS) is 37.1. The molecular formula is C15H30O6Si. The average Bonchev–Trinajstić information content (AvgIpc) is 2.41. The molecule has 1 heterocycles. The lowest BCUT2D eigenvalue weighted by molar-refractivity contribution is -0.461. The minimum atomic E-state index is -2.14. The second-order valence-corrected chi connectivity index (χ2v) is 12.1. The van der Waals surface area contributed by atoms with E-state index in [1.54, 1.807) is 13.8 Å². The Hall–Kier alpha value is -0.313. The molecule has 0 radical (unpaired) electrons. The van der Waals surface area contributed by atoms with Crippen LogP contribution in [0.1, 0.15) is 34.6 Å². The number of ether oxygens (including phenoxy) is 4. The topological polar surface area (TPSA) is 63.2 Å². The lowest BCUT2D eigenvalue weighted by Crippen LogP contribution is -2.67. The molecule has 0 aromatic heterocycles. The fourth-order valence-corrected chi connectivity index (χ4v) is 3.05. The first kappa shape index (κ1) is 19.7. The van der Waals surface area contributed by atoms with Crippen LogP contribution in [0.3, 0.4) is 0 Å². The number of aldehydes is 1. The van der Waals surface area contributed by atoms with Gasteiger partial charge in [-0.2, -0.15) is 0 Å². The Morgan fingerprint density at radius 3 is 1.86 bits per heavy atom. The average molecular weight is 334 g/mol. The maximum absolute atomic E-state index is 11.4. The Bertz CT molecular complexity index is 407. The molecule has 0 unspecified atom stereocenters. The first-order valence-electron chi connectivity index (χ1n) is 7.45. The Kier molecular flexibility index (Phi) is 5.65. The zero-order valence-electron chi connectivity index (χ0n) is 15.2. The smallest absolute Gasteiger partial charge is 0.222 e. The summed E-state index contributed by atoms with van der Waals surface area (Å²) in [6, 6.07) is 0. The van der Waals surface area contributed by atoms with Gasteiger partial charge in [-0.15, -0.1) is 0 Å². The minimum absolute atomic E-state index is 0.0186. The van der Waals surface area contributed by atoms with Crippen molar-refractivity contribution in [3.8, 4) is 0 Å². The summed E-state index contributed by atoms with van der Waals surface area (Å²) in [5, 5.41) is -0.0186. The van der Waals surface area contributed by atoms with Gasteiger partial charge in [0.15, 0.2) is 27.0 Å². The highest BCUT2D eigenvalue weighted by molar-refractivity contribution is 6.74. The molecule has 0 aliphatic carbocycles. The van der Waals surface area contributed by atoms with Gasteiger partial charge in [-0.05, 0) is 32.0 Å². The summed E-state index contributed by atoms with van der Waals surface area (Å²) >= 11 is 0. The van der Waals surface area contributed by atoms with Crippen LogP contribution in [-0.4, -0.2) is 52.8 Å². The number of carbonyl (C=O) groups excluding carboxylic acids is 1. The van der Waals surface area contributed by atoms with Crippen LogP contribution in [0.5, 0.6) is 0 Å². The van der Waals surface area contributed by atoms with Crippen molar-refractivity contribution >= 4 is 14.6 Å². The SMILES string of the molecule is CO[C@]1(C)O[C@@H](O[Si](C)(C)C(C)(C)C)[C@H](C=O)O[C@@]1(C)OC. The second kappa shape index (κ2) is 6.30. The summed E-state index contributed by atoms with van der Waals surface area (Å²) in [5.74, 6) is -2.39. The molecule has 7 heteroatoms. The molecule has 0 N–H and O–H groups in total. The predicted octanol–water partition coefficient (Wildman–Crippen LogP) is 2.67. The van der Waals surface area contributed by atoms with Crippen molar-refractivity contribution in [2.24, 2.45) is 0 Å². The van der Waals surface area contributed by atoms with E-state index in [1.807, 2.05) is 0 Å². The van der Waals surface area contributed by atoms with Gasteiger partial charge < -0.3 is 28.2 Å². The molecule has 1 fully saturated rings. The number of rotatable bonds is 5. The van der Waals surface area contributed by atoms with E-state index < -0.39 is 32.3 Å². The van der Waals surface area contributed by atoms with E-state index in [2.05, 4.69) is 33.9 Å². The van der Waals surface area contributed by atoms with Gasteiger partial charge in [0, 0.05) is 14.2 Å². The van der Waals surface area contributed by atoms with Crippen molar-refractivity contribution in [3.63, 3.8) is 0 Å². The number of hydrogen-bond acceptors (Lipinski definition) is 6. The minimum Gasteiger partial charge on any atom is -0.390 e. The summed E-state index contributed by atoms with van der Waals surface area (Å²) in [7, 11) is 0.846. The third kappa shape index (κ3) is 3.44. The van der Waals surface area contributed by atoms with Gasteiger partial charge in [-0.1, -0.05) is 20.8 Å². The molecule has 1 saturated heterocycles. The summed E-state index contributed by atoms with van der Waals surface area (Å²) in [4.78, 5) is 11.4. The van der Waals surface area contributed by atoms with Gasteiger partial charge in [0.25, 0.3) is 0 Å². The van der Waals surface area contributed by atoms with Crippen molar-refractivity contribution < 1.29 is 28.2 Å². The standard InChI is InChI=1S/C15H30O6Si/c1-13(2,3)22(8,9)21-12-11(10-16)19-14(4,17-6)15(5,18-7)20-12/h10-12H,1-9H3/t11-,12-,14+,15+/m0/s1. The molecule has 0 aromatic carbocycles. The Balaban J connectivity index is 3.09. The maximum Gasteiger partial charge on any atom is 0.222 e. The van der Waals surface area contributed by atoms with E-state index >= 15 is 0 Å². The molecule has 1 aliphatic rings. The zero-order chi connectivity index (χ0) is 17.4. The summed E-state index contributed by atoms with van der Waals surface area (Å²) in [6.07, 6.45) is -1.02. The number of carbonyl (C=O) groups is 1. The quantitative estimate of drug-likeness (QED) is 0.569. The van der Waals surface area contributed by atoms with E-state index in [1.165, 1.54) is 14.2 Å². The zero-order valence-corrected chi connectivity index (χ0v) is 16.2. The van der Waals surface area contributed by atoms with Crippen LogP contribution < -0.4 is 0 Å². The van der Waals surface area contributed by atoms with Crippen molar-refractivity contribution in [1.82, 2.24) is 0 Å². The van der Waals surface area contributed by atoms with Gasteiger partial charge in [0.05, 0.1) is 0 Å². The molecule has 1 rings (SSSR count). The molecule has 1 aliphatic heterocycles. The van der Waals surface area contributed by atoms with E-state index in [4.69, 9.17) is 23.4 Å². The Labute approximate surface area is 134 Å². The van der Waals surface area contributed by atoms with Gasteiger partial charge in [-0.3, -0.25) is 0 Å². The lowest BCUT2D eigenvalue weighted by Gasteiger charge is -2.52. The highest BCUT2D eigenvalue weighted by atomic mass is 28.4. The maximum atomic E-state index is 11.4. The summed E-state index contributed by atoms with van der Waals surface area (Å²) < 4.78 is 28.8. The van der Waals surface area contributed by atoms with Crippen molar-refractivity contribution in [1.29, 1.82) is 0 Å². The van der Waals surface area contributed by atoms with Crippen LogP contribution in [-0.2, 0) is 28.2 Å². The van der Waals surface area contributed by atoms with E-state index in [0.29, 0.717) is 6.29 Å². The molecule has 0 saturated carbocycles. The van der Waals surface area contributed by atoms with E-state index in [9.17, 15) is 4.79 Å². The highest BCUT2D eigenvalue weighted by Crippen LogP contribution is 2.43. The van der Waals surface area contributed by atoms with Crippen LogP contribution in [0.2, 0.25) is 18.1 Å². The predicted molar refractivity (Wildman–Crippen MR) is 84.9 cm³/mol. The molecule has 0 amide bonds. The molecule has 0 spiro atoms. The molecule has 0 bridgehead atoms. The number of methoxy groups -OCH3 is 2. The van der Waals surface area contributed by atoms with Crippen molar-refractivity contribution in [3.05, 3.63) is 0 Å². The van der Waals surface area contributed by atoms with Crippen LogP contribution >= 0.6 is 0 Å². The molecular weight excluding hydrogens is 304 g/mol. The molecule has 130 valence electrons. The van der Waals surface area contributed by atoms with Gasteiger partial charge in [0.2, 0.25) is 11.6 Å². The molecule has 4 atom stereocenters. The Morgan fingerprint density at radius 2 is 1.50 bits per heavy atom. The second-order valence-electron chi connectivity index (χ2n) is 7.38. The van der Waals surface area contributed by atoms with E-state index in [0.717, 1.165) is 0 Å². The fraction of sp³-hybridized carbons (Fsp3) is 0.933. The van der Waals surface area contributed by atoms with Crippen LogP contribution in [0.4, 0.5) is 0 Å². The Morgan fingerprint density at radius 1 is 1.05 bits per heavy atom. The highest BCUT2D eigenvalue weighted by Gasteiger charge is 2.58. The molecule has 22 heavy (non-hydrogen) atoms. The van der Waals surface area contributed by atoms with Crippen molar-refractivity contribution in [2.45, 2.75) is 76.7 Å². The van der Waals surface area contributed by atoms with Gasteiger partial charge >= 0.3 is 0 Å². The fourth-order valence-electron chi connectivity index (χ4n) is 1.94.